The molecule has 0 heterocycles. The predicted octanol–water partition coefficient (Wildman–Crippen LogP) is 3.60. The molecule has 0 amide bonds. The molecule has 0 aliphatic heterocycles. The van der Waals surface area contributed by atoms with Gasteiger partial charge in [0, 0.05) is 12.8 Å². The number of ketones is 1. The van der Waals surface area contributed by atoms with Crippen LogP contribution >= 0.6 is 0 Å². The van der Waals surface area contributed by atoms with E-state index in [0.717, 1.165) is 25.7 Å². The minimum atomic E-state index is -0.737. The van der Waals surface area contributed by atoms with Crippen LogP contribution in [-0.4, -0.2) is 31.9 Å². The number of hydrogen-bond acceptors (Lipinski definition) is 5. The van der Waals surface area contributed by atoms with Crippen LogP contribution in [0.1, 0.15) is 64.2 Å². The van der Waals surface area contributed by atoms with Gasteiger partial charge in [-0.25, -0.2) is 0 Å². The number of carbonyl (C=O) groups is 3. The molecule has 0 saturated heterocycles. The first kappa shape index (κ1) is 21.4. The van der Waals surface area contributed by atoms with Crippen molar-refractivity contribution in [3.05, 3.63) is 12.7 Å². The van der Waals surface area contributed by atoms with Crippen LogP contribution in [0.2, 0.25) is 0 Å². The summed E-state index contributed by atoms with van der Waals surface area (Å²) in [6.45, 7) is 3.69. The molecule has 5 heteroatoms. The van der Waals surface area contributed by atoms with E-state index < -0.39 is 17.9 Å². The topological polar surface area (TPSA) is 69.7 Å². The average Bonchev–Trinajstić information content (AvgIpc) is 2.55. The van der Waals surface area contributed by atoms with E-state index in [-0.39, 0.29) is 18.6 Å². The number of unbranched alkanes of at least 4 members (excludes halogenated alkanes) is 6. The lowest BCUT2D eigenvalue weighted by Gasteiger charge is -2.12. The Morgan fingerprint density at radius 1 is 0.913 bits per heavy atom. The lowest BCUT2D eigenvalue weighted by molar-refractivity contribution is -0.153. The van der Waals surface area contributed by atoms with Gasteiger partial charge in [0.25, 0.3) is 0 Å². The minimum Gasteiger partial charge on any atom is -0.469 e. The Bertz CT molecular complexity index is 376. The summed E-state index contributed by atoms with van der Waals surface area (Å²) in [5.74, 6) is -1.78. The van der Waals surface area contributed by atoms with Crippen LogP contribution in [0.15, 0.2) is 12.7 Å². The Morgan fingerprint density at radius 2 is 1.52 bits per heavy atom. The number of hydrogen-bond donors (Lipinski definition) is 0. The molecular weight excluding hydrogens is 296 g/mol. The summed E-state index contributed by atoms with van der Waals surface area (Å²) in [7, 11) is 2.51. The summed E-state index contributed by atoms with van der Waals surface area (Å²) in [5, 5.41) is 0. The number of Topliss-reactive ketones (excluding diaryl/α,β-unsaturated/α-hetero) is 1. The van der Waals surface area contributed by atoms with E-state index in [1.807, 2.05) is 6.08 Å². The molecule has 1 unspecified atom stereocenters. The summed E-state index contributed by atoms with van der Waals surface area (Å²) < 4.78 is 9.19. The fourth-order valence-electron chi connectivity index (χ4n) is 2.38. The van der Waals surface area contributed by atoms with E-state index in [0.29, 0.717) is 6.42 Å². The zero-order chi connectivity index (χ0) is 17.5. The molecule has 0 aliphatic rings. The highest BCUT2D eigenvalue weighted by atomic mass is 16.5. The van der Waals surface area contributed by atoms with E-state index in [4.69, 9.17) is 0 Å². The summed E-state index contributed by atoms with van der Waals surface area (Å²) in [6.07, 6.45) is 9.88. The van der Waals surface area contributed by atoms with Crippen molar-refractivity contribution in [2.75, 3.05) is 14.2 Å². The molecule has 0 N–H and O–H groups in total. The molecule has 0 aromatic carbocycles. The van der Waals surface area contributed by atoms with Crippen molar-refractivity contribution in [1.29, 1.82) is 0 Å². The molecule has 132 valence electrons. The monoisotopic (exact) mass is 326 g/mol. The molecule has 0 aromatic rings. The van der Waals surface area contributed by atoms with Crippen LogP contribution in [0.3, 0.4) is 0 Å². The Labute approximate surface area is 139 Å². The number of allylic oxidation sites excluding steroid dienone is 1. The summed E-state index contributed by atoms with van der Waals surface area (Å²) >= 11 is 0. The van der Waals surface area contributed by atoms with E-state index in [9.17, 15) is 14.4 Å². The minimum absolute atomic E-state index is 0.00374. The summed E-state index contributed by atoms with van der Waals surface area (Å²) in [6, 6.07) is 0. The first-order chi connectivity index (χ1) is 11.0. The SMILES string of the molecule is C=CCCCCCCCCC(=O)CC(CC(=O)OC)C(=O)OC. The van der Waals surface area contributed by atoms with Crippen LogP contribution in [0, 0.1) is 5.92 Å². The fourth-order valence-corrected chi connectivity index (χ4v) is 2.38. The van der Waals surface area contributed by atoms with E-state index >= 15 is 0 Å². The van der Waals surface area contributed by atoms with Crippen molar-refractivity contribution in [1.82, 2.24) is 0 Å². The molecule has 23 heavy (non-hydrogen) atoms. The normalized spacial score (nSPS) is 11.6. The van der Waals surface area contributed by atoms with Crippen LogP contribution in [0.5, 0.6) is 0 Å². The molecule has 0 radical (unpaired) electrons. The third-order valence-corrected chi connectivity index (χ3v) is 3.76. The van der Waals surface area contributed by atoms with Crippen molar-refractivity contribution in [2.45, 2.75) is 64.2 Å². The molecule has 0 bridgehead atoms. The van der Waals surface area contributed by atoms with E-state index in [1.54, 1.807) is 0 Å². The highest BCUT2D eigenvalue weighted by molar-refractivity contribution is 5.87. The van der Waals surface area contributed by atoms with Gasteiger partial charge in [0.05, 0.1) is 26.6 Å². The second-order valence-corrected chi connectivity index (χ2v) is 5.69. The predicted molar refractivity (Wildman–Crippen MR) is 88.9 cm³/mol. The van der Waals surface area contributed by atoms with Gasteiger partial charge in [0.15, 0.2) is 0 Å². The van der Waals surface area contributed by atoms with Gasteiger partial charge in [-0.3, -0.25) is 14.4 Å². The molecule has 0 spiro atoms. The van der Waals surface area contributed by atoms with Gasteiger partial charge in [-0.1, -0.05) is 31.8 Å². The number of ether oxygens (including phenoxy) is 2. The first-order valence-corrected chi connectivity index (χ1v) is 8.32. The first-order valence-electron chi connectivity index (χ1n) is 8.32. The maximum atomic E-state index is 11.9. The summed E-state index contributed by atoms with van der Waals surface area (Å²) in [4.78, 5) is 34.8. The van der Waals surface area contributed by atoms with Gasteiger partial charge in [-0.15, -0.1) is 6.58 Å². The molecule has 5 nitrogen and oxygen atoms in total. The van der Waals surface area contributed by atoms with Gasteiger partial charge in [0.1, 0.15) is 5.78 Å². The number of carbonyl (C=O) groups excluding carboxylic acids is 3. The highest BCUT2D eigenvalue weighted by Crippen LogP contribution is 2.16. The highest BCUT2D eigenvalue weighted by Gasteiger charge is 2.25. The molecule has 0 rings (SSSR count). The van der Waals surface area contributed by atoms with Crippen LogP contribution in [0.4, 0.5) is 0 Å². The number of esters is 2. The molecular formula is C18H30O5. The molecule has 0 saturated carbocycles. The van der Waals surface area contributed by atoms with Crippen molar-refractivity contribution in [2.24, 2.45) is 5.92 Å². The maximum Gasteiger partial charge on any atom is 0.309 e. The molecule has 1 atom stereocenters. The Hall–Kier alpha value is -1.65. The van der Waals surface area contributed by atoms with Gasteiger partial charge in [0.2, 0.25) is 0 Å². The standard InChI is InChI=1S/C18H30O5/c1-4-5-6-7-8-9-10-11-12-16(19)13-15(18(21)23-3)14-17(20)22-2/h4,15H,1,5-14H2,2-3H3. The van der Waals surface area contributed by atoms with Crippen molar-refractivity contribution in [3.63, 3.8) is 0 Å². The molecule has 0 aromatic heterocycles. The third-order valence-electron chi connectivity index (χ3n) is 3.76. The second kappa shape index (κ2) is 14.0. The molecule has 0 fully saturated rings. The zero-order valence-corrected chi connectivity index (χ0v) is 14.5. The zero-order valence-electron chi connectivity index (χ0n) is 14.5. The van der Waals surface area contributed by atoms with Gasteiger partial charge >= 0.3 is 11.9 Å². The van der Waals surface area contributed by atoms with Crippen molar-refractivity contribution < 1.29 is 23.9 Å². The summed E-state index contributed by atoms with van der Waals surface area (Å²) in [5.41, 5.74) is 0. The smallest absolute Gasteiger partial charge is 0.309 e. The Morgan fingerprint density at radius 3 is 2.09 bits per heavy atom. The van der Waals surface area contributed by atoms with Gasteiger partial charge in [-0.2, -0.15) is 0 Å². The Balaban J connectivity index is 3.92. The third kappa shape index (κ3) is 11.6. The van der Waals surface area contributed by atoms with E-state index in [2.05, 4.69) is 16.1 Å². The lowest BCUT2D eigenvalue weighted by Crippen LogP contribution is -2.23. The van der Waals surface area contributed by atoms with Crippen molar-refractivity contribution in [3.8, 4) is 0 Å². The van der Waals surface area contributed by atoms with Gasteiger partial charge < -0.3 is 9.47 Å². The Kier molecular flexibility index (Phi) is 13.0. The van der Waals surface area contributed by atoms with Crippen molar-refractivity contribution >= 4 is 17.7 Å². The number of rotatable bonds is 14. The lowest BCUT2D eigenvalue weighted by atomic mass is 9.96. The fraction of sp³-hybridized carbons (Fsp3) is 0.722. The van der Waals surface area contributed by atoms with E-state index in [1.165, 1.54) is 33.5 Å². The largest absolute Gasteiger partial charge is 0.469 e. The van der Waals surface area contributed by atoms with Crippen LogP contribution in [-0.2, 0) is 23.9 Å². The van der Waals surface area contributed by atoms with Crippen LogP contribution in [0.25, 0.3) is 0 Å². The quantitative estimate of drug-likeness (QED) is 0.277. The average molecular weight is 326 g/mol. The van der Waals surface area contributed by atoms with Gasteiger partial charge in [-0.05, 0) is 19.3 Å². The maximum absolute atomic E-state index is 11.9. The second-order valence-electron chi connectivity index (χ2n) is 5.69. The van der Waals surface area contributed by atoms with Crippen LogP contribution < -0.4 is 0 Å². The number of methoxy groups -OCH3 is 2. The molecule has 0 aliphatic carbocycles.